The maximum absolute atomic E-state index is 14.0. The van der Waals surface area contributed by atoms with Crippen molar-refractivity contribution < 1.29 is 27.5 Å². The van der Waals surface area contributed by atoms with E-state index < -0.39 is 28.5 Å². The molecule has 0 aliphatic carbocycles. The molecule has 0 aliphatic heterocycles. The lowest BCUT2D eigenvalue weighted by molar-refractivity contribution is -0.139. The minimum atomic E-state index is -4.24. The number of likely N-dealkylation sites (N-methyl/N-ethyl adjacent to an activating group) is 1. The Labute approximate surface area is 236 Å². The van der Waals surface area contributed by atoms with Crippen LogP contribution < -0.4 is 19.1 Å². The van der Waals surface area contributed by atoms with Crippen LogP contribution in [-0.4, -0.2) is 58.5 Å². The van der Waals surface area contributed by atoms with Crippen LogP contribution in [0.2, 0.25) is 0 Å². The molecule has 0 saturated heterocycles. The number of nitrogens with one attached hydrogen (secondary N) is 1. The number of sulfonamides is 1. The van der Waals surface area contributed by atoms with Crippen molar-refractivity contribution in [2.45, 2.75) is 45.2 Å². The van der Waals surface area contributed by atoms with Crippen LogP contribution in [-0.2, 0) is 26.2 Å². The Balaban J connectivity index is 2.06. The van der Waals surface area contributed by atoms with Crippen molar-refractivity contribution in [1.82, 2.24) is 10.2 Å². The highest BCUT2D eigenvalue weighted by molar-refractivity contribution is 7.92. The van der Waals surface area contributed by atoms with Crippen LogP contribution in [0.25, 0.3) is 0 Å². The van der Waals surface area contributed by atoms with Gasteiger partial charge in [-0.15, -0.1) is 0 Å². The minimum Gasteiger partial charge on any atom is -0.493 e. The van der Waals surface area contributed by atoms with E-state index in [1.807, 2.05) is 38.1 Å². The number of rotatable bonds is 12. The molecular formula is C30H37N3O6S. The van der Waals surface area contributed by atoms with Gasteiger partial charge in [0, 0.05) is 19.2 Å². The van der Waals surface area contributed by atoms with Crippen molar-refractivity contribution in [3.05, 3.63) is 83.4 Å². The van der Waals surface area contributed by atoms with Gasteiger partial charge < -0.3 is 19.7 Å². The van der Waals surface area contributed by atoms with Gasteiger partial charge in [0.2, 0.25) is 11.8 Å². The molecule has 2 amide bonds. The predicted molar refractivity (Wildman–Crippen MR) is 155 cm³/mol. The first-order chi connectivity index (χ1) is 19.0. The van der Waals surface area contributed by atoms with Crippen molar-refractivity contribution >= 4 is 27.5 Å². The minimum absolute atomic E-state index is 0.0691. The van der Waals surface area contributed by atoms with Gasteiger partial charge in [0.1, 0.15) is 12.6 Å². The summed E-state index contributed by atoms with van der Waals surface area (Å²) in [5, 5.41) is 2.76. The molecule has 214 valence electrons. The first kappa shape index (κ1) is 30.5. The summed E-state index contributed by atoms with van der Waals surface area (Å²) < 4.78 is 39.7. The number of amides is 2. The first-order valence-corrected chi connectivity index (χ1v) is 14.4. The Morgan fingerprint density at radius 2 is 1.45 bits per heavy atom. The van der Waals surface area contributed by atoms with Crippen molar-refractivity contribution in [3.63, 3.8) is 0 Å². The second kappa shape index (κ2) is 13.3. The maximum Gasteiger partial charge on any atom is 0.264 e. The number of aryl methyl sites for hydroxylation is 2. The Morgan fingerprint density at radius 1 is 0.875 bits per heavy atom. The Morgan fingerprint density at radius 3 is 2.00 bits per heavy atom. The van der Waals surface area contributed by atoms with Gasteiger partial charge in [0.25, 0.3) is 10.0 Å². The van der Waals surface area contributed by atoms with Crippen molar-refractivity contribution in [2.75, 3.05) is 31.6 Å². The summed E-state index contributed by atoms with van der Waals surface area (Å²) in [7, 11) is -1.36. The fourth-order valence-corrected chi connectivity index (χ4v) is 5.57. The van der Waals surface area contributed by atoms with Crippen LogP contribution in [0.4, 0.5) is 5.69 Å². The number of nitrogens with zero attached hydrogens (tertiary/aromatic N) is 2. The number of hydrogen-bond donors (Lipinski definition) is 1. The highest BCUT2D eigenvalue weighted by Crippen LogP contribution is 2.32. The van der Waals surface area contributed by atoms with Crippen LogP contribution in [0.3, 0.4) is 0 Å². The van der Waals surface area contributed by atoms with Gasteiger partial charge in [-0.05, 0) is 57.5 Å². The topological polar surface area (TPSA) is 105 Å². The Bertz CT molecular complexity index is 1420. The highest BCUT2D eigenvalue weighted by Gasteiger charge is 2.33. The zero-order valence-electron chi connectivity index (χ0n) is 23.8. The third-order valence-electron chi connectivity index (χ3n) is 6.54. The number of benzene rings is 3. The summed E-state index contributed by atoms with van der Waals surface area (Å²) >= 11 is 0. The summed E-state index contributed by atoms with van der Waals surface area (Å²) in [6.45, 7) is 7.30. The molecule has 0 spiro atoms. The van der Waals surface area contributed by atoms with Crippen LogP contribution in [0, 0.1) is 13.8 Å². The smallest absolute Gasteiger partial charge is 0.264 e. The number of carbonyl (C=O) groups is 2. The van der Waals surface area contributed by atoms with E-state index in [9.17, 15) is 18.0 Å². The molecule has 0 aliphatic rings. The maximum atomic E-state index is 14.0. The summed E-state index contributed by atoms with van der Waals surface area (Å²) in [6.07, 6.45) is 0. The average Bonchev–Trinajstić information content (AvgIpc) is 2.95. The van der Waals surface area contributed by atoms with Crippen LogP contribution in [0.5, 0.6) is 11.5 Å². The van der Waals surface area contributed by atoms with Crippen molar-refractivity contribution in [1.29, 1.82) is 0 Å². The standard InChI is InChI=1S/C30H37N3O6S/c1-7-31-30(35)23(4)32(19-24-12-8-21(2)9-13-24)29(34)20-33(25-14-10-22(3)11-15-25)40(36,37)26-16-17-27(38-5)28(18-26)39-6/h8-18,23H,7,19-20H2,1-6H3,(H,31,35)/t23-/m0/s1. The predicted octanol–water partition coefficient (Wildman–Crippen LogP) is 4.07. The van der Waals surface area contributed by atoms with Gasteiger partial charge in [-0.1, -0.05) is 47.5 Å². The van der Waals surface area contributed by atoms with E-state index in [4.69, 9.17) is 9.47 Å². The summed E-state index contributed by atoms with van der Waals surface area (Å²) in [6, 6.07) is 17.9. The summed E-state index contributed by atoms with van der Waals surface area (Å²) in [5.41, 5.74) is 3.13. The lowest BCUT2D eigenvalue weighted by Gasteiger charge is -2.32. The van der Waals surface area contributed by atoms with E-state index in [0.29, 0.717) is 18.0 Å². The van der Waals surface area contributed by atoms with E-state index in [1.54, 1.807) is 38.1 Å². The molecular weight excluding hydrogens is 530 g/mol. The highest BCUT2D eigenvalue weighted by atomic mass is 32.2. The molecule has 1 atom stereocenters. The molecule has 0 radical (unpaired) electrons. The van der Waals surface area contributed by atoms with E-state index >= 15 is 0 Å². The molecule has 0 fully saturated rings. The molecule has 0 unspecified atom stereocenters. The van der Waals surface area contributed by atoms with E-state index in [-0.39, 0.29) is 23.1 Å². The molecule has 1 N–H and O–H groups in total. The van der Waals surface area contributed by atoms with Crippen molar-refractivity contribution in [3.8, 4) is 11.5 Å². The Hall–Kier alpha value is -4.05. The normalized spacial score (nSPS) is 11.8. The number of anilines is 1. The molecule has 40 heavy (non-hydrogen) atoms. The molecule has 9 nitrogen and oxygen atoms in total. The van der Waals surface area contributed by atoms with Gasteiger partial charge in [-0.3, -0.25) is 13.9 Å². The number of ether oxygens (including phenoxy) is 2. The fraction of sp³-hybridized carbons (Fsp3) is 0.333. The van der Waals surface area contributed by atoms with Crippen LogP contribution >= 0.6 is 0 Å². The molecule has 0 saturated carbocycles. The second-order valence-electron chi connectivity index (χ2n) is 9.44. The van der Waals surface area contributed by atoms with Crippen LogP contribution in [0.1, 0.15) is 30.5 Å². The lowest BCUT2D eigenvalue weighted by atomic mass is 10.1. The monoisotopic (exact) mass is 567 g/mol. The summed E-state index contributed by atoms with van der Waals surface area (Å²) in [5.74, 6) is -0.236. The molecule has 3 aromatic carbocycles. The van der Waals surface area contributed by atoms with Crippen molar-refractivity contribution in [2.24, 2.45) is 0 Å². The molecule has 3 aromatic rings. The molecule has 0 aromatic heterocycles. The van der Waals surface area contributed by atoms with Gasteiger partial charge in [0.05, 0.1) is 24.8 Å². The van der Waals surface area contributed by atoms with E-state index in [0.717, 1.165) is 21.0 Å². The van der Waals surface area contributed by atoms with Gasteiger partial charge in [0.15, 0.2) is 11.5 Å². The van der Waals surface area contributed by atoms with E-state index in [2.05, 4.69) is 5.32 Å². The second-order valence-corrected chi connectivity index (χ2v) is 11.3. The van der Waals surface area contributed by atoms with Gasteiger partial charge in [-0.2, -0.15) is 0 Å². The molecule has 0 heterocycles. The number of carbonyl (C=O) groups excluding carboxylic acids is 2. The molecule has 0 bridgehead atoms. The SMILES string of the molecule is CCNC(=O)[C@H](C)N(Cc1ccc(C)cc1)C(=O)CN(c1ccc(C)cc1)S(=O)(=O)c1ccc(OC)c(OC)c1. The zero-order chi connectivity index (χ0) is 29.4. The third kappa shape index (κ3) is 7.12. The number of hydrogen-bond acceptors (Lipinski definition) is 6. The summed E-state index contributed by atoms with van der Waals surface area (Å²) in [4.78, 5) is 28.1. The number of methoxy groups -OCH3 is 2. The zero-order valence-corrected chi connectivity index (χ0v) is 24.6. The Kier molecular flexibility index (Phi) is 10.2. The molecule has 10 heteroatoms. The fourth-order valence-electron chi connectivity index (χ4n) is 4.14. The lowest BCUT2D eigenvalue weighted by Crippen LogP contribution is -2.51. The van der Waals surface area contributed by atoms with Gasteiger partial charge in [-0.25, -0.2) is 8.42 Å². The van der Waals surface area contributed by atoms with Gasteiger partial charge >= 0.3 is 0 Å². The first-order valence-electron chi connectivity index (χ1n) is 13.0. The molecule has 3 rings (SSSR count). The largest absolute Gasteiger partial charge is 0.493 e. The van der Waals surface area contributed by atoms with E-state index in [1.165, 1.54) is 37.3 Å². The average molecular weight is 568 g/mol. The van der Waals surface area contributed by atoms with Crippen LogP contribution in [0.15, 0.2) is 71.6 Å². The quantitative estimate of drug-likeness (QED) is 0.354. The third-order valence-corrected chi connectivity index (χ3v) is 8.31.